The second-order valence-electron chi connectivity index (χ2n) is 5.71. The van der Waals surface area contributed by atoms with E-state index in [1.54, 1.807) is 33.5 Å². The second kappa shape index (κ2) is 9.28. The number of methoxy groups -OCH3 is 3. The van der Waals surface area contributed by atoms with Gasteiger partial charge in [0.2, 0.25) is 5.75 Å². The number of carbonyl (C=O) groups is 1. The molecule has 1 amide bonds. The van der Waals surface area contributed by atoms with Gasteiger partial charge in [0.25, 0.3) is 5.91 Å². The van der Waals surface area contributed by atoms with Gasteiger partial charge in [-0.1, -0.05) is 19.8 Å². The van der Waals surface area contributed by atoms with Crippen molar-refractivity contribution in [1.82, 2.24) is 4.90 Å². The average molecular weight is 323 g/mol. The maximum absolute atomic E-state index is 12.9. The standard InChI is InChI=1S/C18H29NO4/c1-7-8-9-10-19(13(2)3)18(20)14-11-15(21-4)17(23-6)16(12-14)22-5/h11-13H,7-10H2,1-6H3. The van der Waals surface area contributed by atoms with Crippen LogP contribution in [-0.4, -0.2) is 44.7 Å². The van der Waals surface area contributed by atoms with E-state index in [2.05, 4.69) is 6.92 Å². The number of carbonyl (C=O) groups excluding carboxylic acids is 1. The second-order valence-corrected chi connectivity index (χ2v) is 5.71. The highest BCUT2D eigenvalue weighted by Gasteiger charge is 2.22. The van der Waals surface area contributed by atoms with Crippen LogP contribution in [0.4, 0.5) is 0 Å². The molecule has 0 saturated carbocycles. The van der Waals surface area contributed by atoms with E-state index in [0.717, 1.165) is 25.8 Å². The Labute approximate surface area is 139 Å². The van der Waals surface area contributed by atoms with E-state index in [9.17, 15) is 4.79 Å². The number of unbranched alkanes of at least 4 members (excludes halogenated alkanes) is 2. The smallest absolute Gasteiger partial charge is 0.254 e. The molecule has 0 unspecified atom stereocenters. The number of rotatable bonds is 9. The van der Waals surface area contributed by atoms with Crippen molar-refractivity contribution >= 4 is 5.91 Å². The first kappa shape index (κ1) is 19.1. The summed E-state index contributed by atoms with van der Waals surface area (Å²) in [7, 11) is 4.65. The van der Waals surface area contributed by atoms with Crippen LogP contribution >= 0.6 is 0 Å². The van der Waals surface area contributed by atoms with E-state index in [1.807, 2.05) is 18.7 Å². The molecule has 0 spiro atoms. The Morgan fingerprint density at radius 3 is 2.00 bits per heavy atom. The zero-order valence-electron chi connectivity index (χ0n) is 15.1. The highest BCUT2D eigenvalue weighted by Crippen LogP contribution is 2.38. The Kier molecular flexibility index (Phi) is 7.72. The fraction of sp³-hybridized carbons (Fsp3) is 0.611. The van der Waals surface area contributed by atoms with Gasteiger partial charge in [-0.05, 0) is 32.4 Å². The molecule has 5 nitrogen and oxygen atoms in total. The van der Waals surface area contributed by atoms with Crippen molar-refractivity contribution < 1.29 is 19.0 Å². The molecule has 0 aromatic heterocycles. The average Bonchev–Trinajstić information content (AvgIpc) is 2.56. The van der Waals surface area contributed by atoms with E-state index in [4.69, 9.17) is 14.2 Å². The molecular weight excluding hydrogens is 294 g/mol. The number of amides is 1. The van der Waals surface area contributed by atoms with E-state index < -0.39 is 0 Å². The normalized spacial score (nSPS) is 10.6. The van der Waals surface area contributed by atoms with Gasteiger partial charge in [0.1, 0.15) is 0 Å². The number of hydrogen-bond donors (Lipinski definition) is 0. The number of hydrogen-bond acceptors (Lipinski definition) is 4. The molecule has 5 heteroatoms. The fourth-order valence-electron chi connectivity index (χ4n) is 2.50. The number of benzene rings is 1. The van der Waals surface area contributed by atoms with E-state index in [0.29, 0.717) is 22.8 Å². The van der Waals surface area contributed by atoms with Crippen LogP contribution in [-0.2, 0) is 0 Å². The van der Waals surface area contributed by atoms with E-state index >= 15 is 0 Å². The van der Waals surface area contributed by atoms with Crippen LogP contribution < -0.4 is 14.2 Å². The first-order chi connectivity index (χ1) is 11.0. The third-order valence-corrected chi connectivity index (χ3v) is 3.80. The SMILES string of the molecule is CCCCCN(C(=O)c1cc(OC)c(OC)c(OC)c1)C(C)C. The van der Waals surface area contributed by atoms with Crippen LogP contribution in [0.2, 0.25) is 0 Å². The van der Waals surface area contributed by atoms with Crippen LogP contribution in [0.25, 0.3) is 0 Å². The molecule has 0 aliphatic rings. The van der Waals surface area contributed by atoms with Crippen LogP contribution in [0, 0.1) is 0 Å². The van der Waals surface area contributed by atoms with Gasteiger partial charge >= 0.3 is 0 Å². The van der Waals surface area contributed by atoms with Gasteiger partial charge in [-0.15, -0.1) is 0 Å². The van der Waals surface area contributed by atoms with Gasteiger partial charge in [0, 0.05) is 18.2 Å². The van der Waals surface area contributed by atoms with Gasteiger partial charge in [-0.3, -0.25) is 4.79 Å². The lowest BCUT2D eigenvalue weighted by Crippen LogP contribution is -2.37. The Morgan fingerprint density at radius 1 is 1.04 bits per heavy atom. The molecule has 0 bridgehead atoms. The molecule has 0 aliphatic heterocycles. The molecule has 23 heavy (non-hydrogen) atoms. The topological polar surface area (TPSA) is 48.0 Å². The van der Waals surface area contributed by atoms with Crippen molar-refractivity contribution in [2.24, 2.45) is 0 Å². The number of ether oxygens (including phenoxy) is 3. The van der Waals surface area contributed by atoms with Crippen molar-refractivity contribution in [3.8, 4) is 17.2 Å². The summed E-state index contributed by atoms with van der Waals surface area (Å²) in [6.07, 6.45) is 3.25. The minimum Gasteiger partial charge on any atom is -0.493 e. The van der Waals surface area contributed by atoms with Crippen molar-refractivity contribution in [1.29, 1.82) is 0 Å². The molecule has 1 aromatic rings. The minimum absolute atomic E-state index is 0.0182. The fourth-order valence-corrected chi connectivity index (χ4v) is 2.50. The highest BCUT2D eigenvalue weighted by atomic mass is 16.5. The molecular formula is C18H29NO4. The Bertz CT molecular complexity index is 489. The van der Waals surface area contributed by atoms with Crippen molar-refractivity contribution in [3.63, 3.8) is 0 Å². The Balaban J connectivity index is 3.13. The molecule has 130 valence electrons. The van der Waals surface area contributed by atoms with Gasteiger partial charge < -0.3 is 19.1 Å². The Morgan fingerprint density at radius 2 is 1.61 bits per heavy atom. The molecule has 0 fully saturated rings. The van der Waals surface area contributed by atoms with Gasteiger partial charge in [0.05, 0.1) is 21.3 Å². The maximum Gasteiger partial charge on any atom is 0.254 e. The third-order valence-electron chi connectivity index (χ3n) is 3.80. The van der Waals surface area contributed by atoms with Crippen LogP contribution in [0.3, 0.4) is 0 Å². The molecule has 0 atom stereocenters. The lowest BCUT2D eigenvalue weighted by molar-refractivity contribution is 0.0701. The summed E-state index contributed by atoms with van der Waals surface area (Å²) in [5.41, 5.74) is 0.546. The van der Waals surface area contributed by atoms with Crippen molar-refractivity contribution in [2.75, 3.05) is 27.9 Å². The Hall–Kier alpha value is -1.91. The lowest BCUT2D eigenvalue weighted by Gasteiger charge is -2.27. The highest BCUT2D eigenvalue weighted by molar-refractivity contribution is 5.95. The summed E-state index contributed by atoms with van der Waals surface area (Å²) in [4.78, 5) is 14.8. The van der Waals surface area contributed by atoms with Gasteiger partial charge in [-0.2, -0.15) is 0 Å². The minimum atomic E-state index is -0.0182. The molecule has 0 saturated heterocycles. The largest absolute Gasteiger partial charge is 0.493 e. The van der Waals surface area contributed by atoms with Crippen molar-refractivity contribution in [2.45, 2.75) is 46.1 Å². The van der Waals surface area contributed by atoms with Crippen LogP contribution in [0.5, 0.6) is 17.2 Å². The molecule has 0 N–H and O–H groups in total. The predicted octanol–water partition coefficient (Wildman–Crippen LogP) is 3.75. The molecule has 0 heterocycles. The van der Waals surface area contributed by atoms with Crippen LogP contribution in [0.15, 0.2) is 12.1 Å². The summed E-state index contributed by atoms with van der Waals surface area (Å²) in [5, 5.41) is 0. The predicted molar refractivity (Wildman–Crippen MR) is 91.8 cm³/mol. The monoisotopic (exact) mass is 323 g/mol. The molecule has 0 radical (unpaired) electrons. The zero-order valence-corrected chi connectivity index (χ0v) is 15.1. The summed E-state index contributed by atoms with van der Waals surface area (Å²) in [6, 6.07) is 3.55. The zero-order chi connectivity index (χ0) is 17.4. The first-order valence-corrected chi connectivity index (χ1v) is 8.11. The van der Waals surface area contributed by atoms with Gasteiger partial charge in [0.15, 0.2) is 11.5 Å². The summed E-state index contributed by atoms with van der Waals surface area (Å²) >= 11 is 0. The van der Waals surface area contributed by atoms with Crippen LogP contribution in [0.1, 0.15) is 50.4 Å². The maximum atomic E-state index is 12.9. The third kappa shape index (κ3) is 4.78. The van der Waals surface area contributed by atoms with E-state index in [1.165, 1.54) is 0 Å². The molecule has 1 aromatic carbocycles. The summed E-state index contributed by atoms with van der Waals surface area (Å²) in [6.45, 7) is 6.96. The number of nitrogens with zero attached hydrogens (tertiary/aromatic N) is 1. The summed E-state index contributed by atoms with van der Waals surface area (Å²) < 4.78 is 16.0. The first-order valence-electron chi connectivity index (χ1n) is 8.11. The summed E-state index contributed by atoms with van der Waals surface area (Å²) in [5.74, 6) is 1.46. The molecule has 0 aliphatic carbocycles. The van der Waals surface area contributed by atoms with E-state index in [-0.39, 0.29) is 11.9 Å². The van der Waals surface area contributed by atoms with Crippen molar-refractivity contribution in [3.05, 3.63) is 17.7 Å². The molecule has 1 rings (SSSR count). The lowest BCUT2D eigenvalue weighted by atomic mass is 10.1. The quantitative estimate of drug-likeness (QED) is 0.649. The van der Waals surface area contributed by atoms with Gasteiger partial charge in [-0.25, -0.2) is 0 Å².